The van der Waals surface area contributed by atoms with E-state index in [1.165, 1.54) is 0 Å². The number of quaternary nitrogens is 1. The van der Waals surface area contributed by atoms with Gasteiger partial charge in [0, 0.05) is 23.6 Å². The Morgan fingerprint density at radius 3 is 2.63 bits per heavy atom. The van der Waals surface area contributed by atoms with Crippen molar-refractivity contribution in [1.29, 1.82) is 0 Å². The molecule has 0 radical (unpaired) electrons. The summed E-state index contributed by atoms with van der Waals surface area (Å²) in [6.07, 6.45) is 0. The fraction of sp³-hybridized carbons (Fsp3) is 0.400. The maximum atomic E-state index is 12.4. The Morgan fingerprint density at radius 2 is 2.05 bits per heavy atom. The number of nitrogens with zero attached hydrogens (tertiary/aromatic N) is 1. The molecule has 0 saturated carbocycles. The summed E-state index contributed by atoms with van der Waals surface area (Å²) in [4.78, 5) is 13.6. The maximum Gasteiger partial charge on any atom is 0.219 e. The topological polar surface area (TPSA) is 35.7 Å². The van der Waals surface area contributed by atoms with Crippen LogP contribution in [-0.2, 0) is 7.05 Å². The van der Waals surface area contributed by atoms with E-state index in [0.717, 1.165) is 32.8 Å². The molecule has 2 rings (SSSR count). The molecule has 4 nitrogen and oxygen atoms in total. The summed E-state index contributed by atoms with van der Waals surface area (Å²) in [5, 5.41) is 0.977. The van der Waals surface area contributed by atoms with Crippen LogP contribution in [0.2, 0.25) is 0 Å². The van der Waals surface area contributed by atoms with Crippen LogP contribution in [0.25, 0.3) is 10.9 Å². The molecule has 0 spiro atoms. The van der Waals surface area contributed by atoms with Gasteiger partial charge < -0.3 is 14.2 Å². The number of carbonyl (C=O) groups excluding carboxylic acids is 1. The summed E-state index contributed by atoms with van der Waals surface area (Å²) in [7, 11) is 7.60. The quantitative estimate of drug-likeness (QED) is 0.827. The van der Waals surface area contributed by atoms with Crippen molar-refractivity contribution >= 4 is 16.7 Å². The number of carbonyl (C=O) groups is 1. The zero-order chi connectivity index (χ0) is 14.2. The molecule has 1 heterocycles. The Kier molecular flexibility index (Phi) is 3.62. The van der Waals surface area contributed by atoms with Gasteiger partial charge in [0.05, 0.1) is 26.8 Å². The number of aryl methyl sites for hydroxylation is 1. The zero-order valence-electron chi connectivity index (χ0n) is 12.2. The van der Waals surface area contributed by atoms with Gasteiger partial charge in [-0.3, -0.25) is 4.79 Å². The predicted octanol–water partition coefficient (Wildman–Crippen LogP) is 0.823. The highest BCUT2D eigenvalue weighted by Gasteiger charge is 2.20. The van der Waals surface area contributed by atoms with Crippen LogP contribution in [-0.4, -0.2) is 38.1 Å². The first-order chi connectivity index (χ1) is 8.95. The van der Waals surface area contributed by atoms with Gasteiger partial charge in [-0.15, -0.1) is 0 Å². The standard InChI is InChI=1S/C15H20N2O2/c1-10-15(14(18)9-16(2)3)12-8-11(19-5)6-7-13(12)17(10)4/h6-8H,9H2,1-5H3/p+1. The fourth-order valence-electron chi connectivity index (χ4n) is 2.44. The Balaban J connectivity index is 2.64. The largest absolute Gasteiger partial charge is 0.497 e. The van der Waals surface area contributed by atoms with Gasteiger partial charge in [-0.25, -0.2) is 0 Å². The third-order valence-electron chi connectivity index (χ3n) is 3.49. The van der Waals surface area contributed by atoms with Crippen LogP contribution in [0.3, 0.4) is 0 Å². The molecule has 0 fully saturated rings. The molecule has 1 aromatic heterocycles. The lowest BCUT2D eigenvalue weighted by Crippen LogP contribution is -3.06. The number of benzene rings is 1. The van der Waals surface area contributed by atoms with Crippen molar-refractivity contribution in [1.82, 2.24) is 4.57 Å². The number of rotatable bonds is 4. The highest BCUT2D eigenvalue weighted by atomic mass is 16.5. The average molecular weight is 261 g/mol. The first-order valence-electron chi connectivity index (χ1n) is 6.41. The van der Waals surface area contributed by atoms with E-state index < -0.39 is 0 Å². The van der Waals surface area contributed by atoms with Gasteiger partial charge in [-0.2, -0.15) is 0 Å². The minimum atomic E-state index is 0.177. The predicted molar refractivity (Wildman–Crippen MR) is 76.2 cm³/mol. The molecule has 4 heteroatoms. The summed E-state index contributed by atoms with van der Waals surface area (Å²) < 4.78 is 7.32. The van der Waals surface area contributed by atoms with E-state index in [-0.39, 0.29) is 5.78 Å². The molecule has 0 saturated heterocycles. The van der Waals surface area contributed by atoms with Crippen LogP contribution in [0, 0.1) is 6.92 Å². The van der Waals surface area contributed by atoms with Gasteiger partial charge in [0.25, 0.3) is 0 Å². The van der Waals surface area contributed by atoms with Gasteiger partial charge in [0.15, 0.2) is 0 Å². The van der Waals surface area contributed by atoms with E-state index in [2.05, 4.69) is 4.57 Å². The number of Topliss-reactive ketones (excluding diaryl/α,β-unsaturated/α-hetero) is 1. The number of hydrogen-bond acceptors (Lipinski definition) is 2. The van der Waals surface area contributed by atoms with Crippen LogP contribution >= 0.6 is 0 Å². The molecule has 0 aliphatic rings. The Hall–Kier alpha value is -1.81. The molecule has 0 aliphatic carbocycles. The fourth-order valence-corrected chi connectivity index (χ4v) is 2.44. The summed E-state index contributed by atoms with van der Waals surface area (Å²) in [6.45, 7) is 2.49. The minimum Gasteiger partial charge on any atom is -0.497 e. The van der Waals surface area contributed by atoms with Crippen molar-refractivity contribution in [3.05, 3.63) is 29.5 Å². The van der Waals surface area contributed by atoms with Crippen LogP contribution in [0.5, 0.6) is 5.75 Å². The number of fused-ring (bicyclic) bond motifs is 1. The van der Waals surface area contributed by atoms with Gasteiger partial charge in [-0.1, -0.05) is 0 Å². The van der Waals surface area contributed by atoms with E-state index >= 15 is 0 Å². The molecule has 0 aliphatic heterocycles. The van der Waals surface area contributed by atoms with Crippen molar-refractivity contribution in [2.75, 3.05) is 27.7 Å². The lowest BCUT2D eigenvalue weighted by Gasteiger charge is -2.06. The first kappa shape index (κ1) is 13.6. The molecular formula is C15H21N2O2+. The lowest BCUT2D eigenvalue weighted by molar-refractivity contribution is -0.848. The Bertz CT molecular complexity index is 627. The Morgan fingerprint density at radius 1 is 1.37 bits per heavy atom. The first-order valence-corrected chi connectivity index (χ1v) is 6.41. The van der Waals surface area contributed by atoms with Crippen molar-refractivity contribution in [2.24, 2.45) is 7.05 Å². The summed E-state index contributed by atoms with van der Waals surface area (Å²) in [5.74, 6) is 0.959. The van der Waals surface area contributed by atoms with Crippen molar-refractivity contribution in [3.8, 4) is 5.75 Å². The monoisotopic (exact) mass is 261 g/mol. The van der Waals surface area contributed by atoms with Gasteiger partial charge in [0.2, 0.25) is 5.78 Å². The molecule has 0 amide bonds. The number of likely N-dealkylation sites (N-methyl/N-ethyl adjacent to an activating group) is 1. The van der Waals surface area contributed by atoms with Gasteiger partial charge in [0.1, 0.15) is 12.3 Å². The third-order valence-corrected chi connectivity index (χ3v) is 3.49. The molecule has 0 unspecified atom stereocenters. The SMILES string of the molecule is COc1ccc2c(c1)c(C(=O)C[NH+](C)C)c(C)n2C. The van der Waals surface area contributed by atoms with E-state index in [0.29, 0.717) is 6.54 Å². The number of ketones is 1. The van der Waals surface area contributed by atoms with E-state index in [1.807, 2.05) is 46.3 Å². The molecule has 19 heavy (non-hydrogen) atoms. The van der Waals surface area contributed by atoms with Crippen molar-refractivity contribution < 1.29 is 14.4 Å². The molecule has 0 atom stereocenters. The summed E-state index contributed by atoms with van der Waals surface area (Å²) >= 11 is 0. The van der Waals surface area contributed by atoms with Crippen LogP contribution < -0.4 is 9.64 Å². The number of hydrogen-bond donors (Lipinski definition) is 1. The second-order valence-electron chi connectivity index (χ2n) is 5.21. The van der Waals surface area contributed by atoms with E-state index in [9.17, 15) is 4.79 Å². The Labute approximate surface area is 113 Å². The smallest absolute Gasteiger partial charge is 0.219 e. The highest BCUT2D eigenvalue weighted by Crippen LogP contribution is 2.28. The van der Waals surface area contributed by atoms with Crippen LogP contribution in [0.15, 0.2) is 18.2 Å². The van der Waals surface area contributed by atoms with Crippen molar-refractivity contribution in [2.45, 2.75) is 6.92 Å². The van der Waals surface area contributed by atoms with Crippen LogP contribution in [0.4, 0.5) is 0 Å². The number of nitrogens with one attached hydrogen (secondary N) is 1. The zero-order valence-corrected chi connectivity index (χ0v) is 12.2. The second kappa shape index (κ2) is 5.05. The average Bonchev–Trinajstić information content (AvgIpc) is 2.60. The van der Waals surface area contributed by atoms with E-state index in [4.69, 9.17) is 4.74 Å². The minimum absolute atomic E-state index is 0.177. The molecule has 1 aromatic carbocycles. The molecule has 0 bridgehead atoms. The normalized spacial score (nSPS) is 11.3. The van der Waals surface area contributed by atoms with Gasteiger partial charge >= 0.3 is 0 Å². The number of ether oxygens (including phenoxy) is 1. The lowest BCUT2D eigenvalue weighted by atomic mass is 10.1. The third kappa shape index (κ3) is 2.36. The molecule has 2 aromatic rings. The molecule has 1 N–H and O–H groups in total. The van der Waals surface area contributed by atoms with Crippen molar-refractivity contribution in [3.63, 3.8) is 0 Å². The summed E-state index contributed by atoms with van der Waals surface area (Å²) in [6, 6.07) is 5.87. The number of methoxy groups -OCH3 is 1. The molecule has 102 valence electrons. The van der Waals surface area contributed by atoms with Gasteiger partial charge in [-0.05, 0) is 25.1 Å². The highest BCUT2D eigenvalue weighted by molar-refractivity contribution is 6.10. The van der Waals surface area contributed by atoms with E-state index in [1.54, 1.807) is 7.11 Å². The second-order valence-corrected chi connectivity index (χ2v) is 5.21. The maximum absolute atomic E-state index is 12.4. The summed E-state index contributed by atoms with van der Waals surface area (Å²) in [5.41, 5.74) is 2.89. The number of aromatic nitrogens is 1. The van der Waals surface area contributed by atoms with Crippen LogP contribution in [0.1, 0.15) is 16.1 Å². The molecular weight excluding hydrogens is 240 g/mol.